The molecule has 1 saturated heterocycles. The van der Waals surface area contributed by atoms with Crippen LogP contribution >= 0.6 is 0 Å². The van der Waals surface area contributed by atoms with Gasteiger partial charge in [-0.25, -0.2) is 0 Å². The second-order valence-electron chi connectivity index (χ2n) is 21.4. The number of carbonyl (C=O) groups excluding carboxylic acids is 2. The summed E-state index contributed by atoms with van der Waals surface area (Å²) in [5.41, 5.74) is 0. The molecule has 0 aliphatic carbocycles. The highest BCUT2D eigenvalue weighted by molar-refractivity contribution is 5.76. The molecule has 424 valence electrons. The molecule has 0 bridgehead atoms. The van der Waals surface area contributed by atoms with Crippen molar-refractivity contribution in [3.63, 3.8) is 0 Å². The number of amides is 1. The van der Waals surface area contributed by atoms with Crippen LogP contribution in [-0.2, 0) is 23.8 Å². The Morgan fingerprint density at radius 3 is 1.33 bits per heavy atom. The van der Waals surface area contributed by atoms with Gasteiger partial charge in [0.25, 0.3) is 0 Å². The largest absolute Gasteiger partial charge is 0.466 e. The average molecular weight is 1020 g/mol. The van der Waals surface area contributed by atoms with Crippen LogP contribution in [0.3, 0.4) is 0 Å². The minimum Gasteiger partial charge on any atom is -0.466 e. The van der Waals surface area contributed by atoms with E-state index < -0.39 is 49.5 Å². The lowest BCUT2D eigenvalue weighted by Gasteiger charge is -2.40. The molecule has 11 nitrogen and oxygen atoms in total. The van der Waals surface area contributed by atoms with Crippen molar-refractivity contribution < 1.29 is 49.3 Å². The number of hydrogen-bond acceptors (Lipinski definition) is 10. The van der Waals surface area contributed by atoms with E-state index >= 15 is 0 Å². The zero-order valence-electron chi connectivity index (χ0n) is 46.7. The number of ether oxygens (including phenoxy) is 3. The summed E-state index contributed by atoms with van der Waals surface area (Å²) in [5.74, 6) is -0.201. The van der Waals surface area contributed by atoms with Crippen LogP contribution in [0.2, 0.25) is 0 Å². The predicted octanol–water partition coefficient (Wildman–Crippen LogP) is 14.1. The Morgan fingerprint density at radius 1 is 0.500 bits per heavy atom. The highest BCUT2D eigenvalue weighted by atomic mass is 16.7. The number of aliphatic hydroxyl groups excluding tert-OH is 5. The van der Waals surface area contributed by atoms with E-state index in [1.807, 2.05) is 6.08 Å². The Morgan fingerprint density at radius 2 is 0.889 bits per heavy atom. The van der Waals surface area contributed by atoms with E-state index in [1.165, 1.54) is 186 Å². The Balaban J connectivity index is 2.11. The monoisotopic (exact) mass is 1020 g/mol. The van der Waals surface area contributed by atoms with Crippen LogP contribution in [0.25, 0.3) is 0 Å². The third-order valence-electron chi connectivity index (χ3n) is 14.6. The molecule has 7 unspecified atom stereocenters. The van der Waals surface area contributed by atoms with Gasteiger partial charge in [0, 0.05) is 12.8 Å². The summed E-state index contributed by atoms with van der Waals surface area (Å²) >= 11 is 0. The summed E-state index contributed by atoms with van der Waals surface area (Å²) < 4.78 is 16.7. The fourth-order valence-corrected chi connectivity index (χ4v) is 9.67. The first-order valence-electron chi connectivity index (χ1n) is 30.6. The molecule has 0 radical (unpaired) electrons. The Hall–Kier alpha value is -1.86. The maximum Gasteiger partial charge on any atom is 0.305 e. The lowest BCUT2D eigenvalue weighted by molar-refractivity contribution is -0.302. The van der Waals surface area contributed by atoms with Gasteiger partial charge in [-0.05, 0) is 57.8 Å². The molecule has 11 heteroatoms. The van der Waals surface area contributed by atoms with E-state index in [4.69, 9.17) is 14.2 Å². The molecule has 7 atom stereocenters. The van der Waals surface area contributed by atoms with Crippen LogP contribution in [0.5, 0.6) is 0 Å². The van der Waals surface area contributed by atoms with E-state index in [-0.39, 0.29) is 18.5 Å². The fourth-order valence-electron chi connectivity index (χ4n) is 9.67. The van der Waals surface area contributed by atoms with Crippen molar-refractivity contribution in [3.8, 4) is 0 Å². The van der Waals surface area contributed by atoms with Gasteiger partial charge in [0.05, 0.1) is 32.0 Å². The summed E-state index contributed by atoms with van der Waals surface area (Å²) in [6.07, 6.45) is 51.2. The minimum atomic E-state index is -1.57. The molecular weight excluding hydrogens is 907 g/mol. The summed E-state index contributed by atoms with van der Waals surface area (Å²) in [6.45, 7) is 4.34. The standard InChI is InChI=1S/C61H115NO10/c1-3-5-7-9-11-13-15-16-24-28-31-35-39-43-47-54(64)53(52-71-61-60(69)59(68)58(67)55(51-63)72-61)62-56(65)48-44-40-36-32-29-25-22-20-18-17-19-21-23-26-30-34-38-42-46-50-70-57(66)49-45-41-37-33-27-14-12-10-8-6-4-2/h17-18,43,47,53-55,58-61,63-64,67-69H,3-16,19-42,44-46,48-52H2,1-2H3,(H,62,65)/b18-17-,47-43+. The Kier molecular flexibility index (Phi) is 48.5. The summed E-state index contributed by atoms with van der Waals surface area (Å²) in [4.78, 5) is 25.1. The van der Waals surface area contributed by atoms with E-state index in [1.54, 1.807) is 6.08 Å². The predicted molar refractivity (Wildman–Crippen MR) is 297 cm³/mol. The third-order valence-corrected chi connectivity index (χ3v) is 14.6. The normalized spacial score (nSPS) is 19.1. The van der Waals surface area contributed by atoms with Gasteiger partial charge in [0.2, 0.25) is 5.91 Å². The second-order valence-corrected chi connectivity index (χ2v) is 21.4. The molecule has 1 rings (SSSR count). The van der Waals surface area contributed by atoms with Crippen LogP contribution in [0.1, 0.15) is 290 Å². The zero-order chi connectivity index (χ0) is 52.4. The molecule has 6 N–H and O–H groups in total. The van der Waals surface area contributed by atoms with E-state index in [9.17, 15) is 35.1 Å². The van der Waals surface area contributed by atoms with Crippen molar-refractivity contribution in [2.75, 3.05) is 19.8 Å². The Labute approximate surface area is 441 Å². The molecule has 0 aromatic heterocycles. The number of rotatable bonds is 53. The van der Waals surface area contributed by atoms with Crippen molar-refractivity contribution in [1.29, 1.82) is 0 Å². The van der Waals surface area contributed by atoms with Crippen molar-refractivity contribution in [2.24, 2.45) is 0 Å². The number of carbonyl (C=O) groups is 2. The lowest BCUT2D eigenvalue weighted by atomic mass is 9.99. The number of hydrogen-bond donors (Lipinski definition) is 6. The van der Waals surface area contributed by atoms with E-state index in [0.29, 0.717) is 19.4 Å². The van der Waals surface area contributed by atoms with Gasteiger partial charge in [0.1, 0.15) is 24.4 Å². The van der Waals surface area contributed by atoms with E-state index in [2.05, 4.69) is 31.3 Å². The lowest BCUT2D eigenvalue weighted by Crippen LogP contribution is -2.60. The fraction of sp³-hybridized carbons (Fsp3) is 0.902. The van der Waals surface area contributed by atoms with Crippen LogP contribution in [0.15, 0.2) is 24.3 Å². The molecule has 72 heavy (non-hydrogen) atoms. The molecule has 1 aliphatic heterocycles. The SMILES string of the molecule is CCCCCCCCCCCCCC/C=C/C(O)C(COC1OC(CO)C(O)C(O)C1O)NC(=O)CCCCCCCCC/C=C\CCCCCCCCCCOC(=O)CCCCCCCCCCCCC. The van der Waals surface area contributed by atoms with Crippen LogP contribution in [0.4, 0.5) is 0 Å². The van der Waals surface area contributed by atoms with Gasteiger partial charge in [-0.15, -0.1) is 0 Å². The van der Waals surface area contributed by atoms with Crippen LogP contribution in [0, 0.1) is 0 Å². The van der Waals surface area contributed by atoms with Gasteiger partial charge in [-0.3, -0.25) is 9.59 Å². The van der Waals surface area contributed by atoms with Crippen molar-refractivity contribution in [2.45, 2.75) is 333 Å². The number of unbranched alkanes of at least 4 members (excludes halogenated alkanes) is 37. The number of aliphatic hydroxyl groups is 5. The molecular formula is C61H115NO10. The molecule has 1 heterocycles. The molecule has 1 fully saturated rings. The first-order valence-corrected chi connectivity index (χ1v) is 30.6. The smallest absolute Gasteiger partial charge is 0.305 e. The maximum absolute atomic E-state index is 13.0. The van der Waals surface area contributed by atoms with Gasteiger partial charge < -0.3 is 45.1 Å². The van der Waals surface area contributed by atoms with Gasteiger partial charge in [0.15, 0.2) is 6.29 Å². The van der Waals surface area contributed by atoms with Crippen LogP contribution in [-0.4, -0.2) is 100 Å². The maximum atomic E-state index is 13.0. The molecule has 1 aliphatic rings. The molecule has 1 amide bonds. The van der Waals surface area contributed by atoms with Gasteiger partial charge >= 0.3 is 5.97 Å². The molecule has 0 aromatic rings. The summed E-state index contributed by atoms with van der Waals surface area (Å²) in [7, 11) is 0. The number of allylic oxidation sites excluding steroid dienone is 3. The topological polar surface area (TPSA) is 175 Å². The highest BCUT2D eigenvalue weighted by Gasteiger charge is 2.44. The average Bonchev–Trinajstić information content (AvgIpc) is 3.38. The van der Waals surface area contributed by atoms with Crippen molar-refractivity contribution >= 4 is 11.9 Å². The highest BCUT2D eigenvalue weighted by Crippen LogP contribution is 2.23. The molecule has 0 spiro atoms. The molecule has 0 aromatic carbocycles. The zero-order valence-corrected chi connectivity index (χ0v) is 46.7. The summed E-state index contributed by atoms with van der Waals surface area (Å²) in [5, 5.41) is 54.4. The van der Waals surface area contributed by atoms with Crippen LogP contribution < -0.4 is 5.32 Å². The number of esters is 1. The van der Waals surface area contributed by atoms with Gasteiger partial charge in [-0.1, -0.05) is 244 Å². The first kappa shape index (κ1) is 68.2. The van der Waals surface area contributed by atoms with Gasteiger partial charge in [-0.2, -0.15) is 0 Å². The number of nitrogens with one attached hydrogen (secondary N) is 1. The van der Waals surface area contributed by atoms with Crippen molar-refractivity contribution in [1.82, 2.24) is 5.32 Å². The quantitative estimate of drug-likeness (QED) is 0.0195. The molecule has 0 saturated carbocycles. The second kappa shape index (κ2) is 51.3. The Bertz CT molecular complexity index is 1250. The third kappa shape index (κ3) is 40.5. The first-order chi connectivity index (χ1) is 35.2. The summed E-state index contributed by atoms with van der Waals surface area (Å²) in [6, 6.07) is -0.817. The van der Waals surface area contributed by atoms with Crippen molar-refractivity contribution in [3.05, 3.63) is 24.3 Å². The minimum absolute atomic E-state index is 0.0109. The van der Waals surface area contributed by atoms with E-state index in [0.717, 1.165) is 77.0 Å².